The van der Waals surface area contributed by atoms with E-state index in [0.29, 0.717) is 12.0 Å². The molecule has 0 bridgehead atoms. The molecule has 3 nitrogen and oxygen atoms in total. The van der Waals surface area contributed by atoms with Crippen LogP contribution in [0.1, 0.15) is 27.9 Å². The molecule has 1 rings (SSSR count). The first-order chi connectivity index (χ1) is 7.69. The average molecular weight is 218 g/mol. The number of ether oxygens (including phenoxy) is 1. The first-order valence-corrected chi connectivity index (χ1v) is 4.97. The van der Waals surface area contributed by atoms with Crippen LogP contribution < -0.4 is 0 Å². The van der Waals surface area contributed by atoms with E-state index in [-0.39, 0.29) is 12.6 Å². The fourth-order valence-corrected chi connectivity index (χ4v) is 1.25. The van der Waals surface area contributed by atoms with Gasteiger partial charge in [-0.3, -0.25) is 0 Å². The largest absolute Gasteiger partial charge is 0.465 e. The van der Waals surface area contributed by atoms with E-state index in [0.717, 1.165) is 11.1 Å². The van der Waals surface area contributed by atoms with E-state index in [1.807, 2.05) is 19.1 Å². The maximum Gasteiger partial charge on any atom is 0.338 e. The lowest BCUT2D eigenvalue weighted by atomic mass is 10.1. The van der Waals surface area contributed by atoms with E-state index in [2.05, 4.69) is 16.6 Å². The normalized spacial score (nSPS) is 9.19. The highest BCUT2D eigenvalue weighted by Gasteiger charge is 2.08. The van der Waals surface area contributed by atoms with Gasteiger partial charge in [0.25, 0.3) is 0 Å². The van der Waals surface area contributed by atoms with Crippen molar-refractivity contribution in [2.45, 2.75) is 13.3 Å². The summed E-state index contributed by atoms with van der Waals surface area (Å²) >= 11 is 0. The fraction of sp³-hybridized carbons (Fsp3) is 0.308. The van der Waals surface area contributed by atoms with Crippen molar-refractivity contribution in [2.75, 3.05) is 13.7 Å². The molecule has 0 radical (unpaired) electrons. The summed E-state index contributed by atoms with van der Waals surface area (Å²) in [6.07, 6.45) is 0.432. The molecule has 0 aliphatic heterocycles. The fourth-order valence-electron chi connectivity index (χ4n) is 1.25. The van der Waals surface area contributed by atoms with Gasteiger partial charge in [-0.2, -0.15) is 0 Å². The van der Waals surface area contributed by atoms with Gasteiger partial charge in [-0.05, 0) is 24.6 Å². The SMILES string of the molecule is COC(=O)c1cc(C#CCCO)ccc1C. The lowest BCUT2D eigenvalue weighted by molar-refractivity contribution is 0.0600. The van der Waals surface area contributed by atoms with Crippen LogP contribution in [0.15, 0.2) is 18.2 Å². The first-order valence-electron chi connectivity index (χ1n) is 4.97. The van der Waals surface area contributed by atoms with Crippen LogP contribution in [0.4, 0.5) is 0 Å². The van der Waals surface area contributed by atoms with Gasteiger partial charge in [-0.15, -0.1) is 0 Å². The number of aliphatic hydroxyl groups is 1. The Kier molecular flexibility index (Phi) is 4.56. The molecule has 84 valence electrons. The van der Waals surface area contributed by atoms with E-state index in [4.69, 9.17) is 5.11 Å². The Bertz CT molecular complexity index is 438. The van der Waals surface area contributed by atoms with E-state index < -0.39 is 0 Å². The van der Waals surface area contributed by atoms with Gasteiger partial charge in [0, 0.05) is 12.0 Å². The van der Waals surface area contributed by atoms with Crippen LogP contribution in [0, 0.1) is 18.8 Å². The van der Waals surface area contributed by atoms with Crippen molar-refractivity contribution in [3.8, 4) is 11.8 Å². The molecule has 1 aromatic rings. The second-order valence-corrected chi connectivity index (χ2v) is 3.30. The minimum absolute atomic E-state index is 0.0444. The zero-order valence-corrected chi connectivity index (χ0v) is 9.41. The molecule has 0 atom stereocenters. The number of methoxy groups -OCH3 is 1. The number of rotatable bonds is 2. The van der Waals surface area contributed by atoms with Crippen LogP contribution >= 0.6 is 0 Å². The molecule has 0 unspecified atom stereocenters. The molecular formula is C13H14O3. The zero-order chi connectivity index (χ0) is 12.0. The smallest absolute Gasteiger partial charge is 0.338 e. The lowest BCUT2D eigenvalue weighted by Gasteiger charge is -2.03. The van der Waals surface area contributed by atoms with Crippen LogP contribution in [0.3, 0.4) is 0 Å². The standard InChI is InChI=1S/C13H14O3/c1-10-6-7-11(5-3-4-8-14)9-12(10)13(15)16-2/h6-7,9,14H,4,8H2,1-2H3. The lowest BCUT2D eigenvalue weighted by Crippen LogP contribution is -2.03. The molecule has 0 aromatic heterocycles. The Hall–Kier alpha value is -1.79. The van der Waals surface area contributed by atoms with Crippen molar-refractivity contribution in [3.05, 3.63) is 34.9 Å². The Morgan fingerprint density at radius 1 is 1.50 bits per heavy atom. The number of aryl methyl sites for hydroxylation is 1. The van der Waals surface area contributed by atoms with Gasteiger partial charge < -0.3 is 9.84 Å². The third kappa shape index (κ3) is 3.11. The topological polar surface area (TPSA) is 46.5 Å². The molecule has 0 saturated carbocycles. The van der Waals surface area contributed by atoms with Gasteiger partial charge in [-0.25, -0.2) is 4.79 Å². The number of hydrogen-bond donors (Lipinski definition) is 1. The quantitative estimate of drug-likeness (QED) is 0.604. The number of benzene rings is 1. The van der Waals surface area contributed by atoms with E-state index >= 15 is 0 Å². The van der Waals surface area contributed by atoms with Gasteiger partial charge in [0.15, 0.2) is 0 Å². The maximum atomic E-state index is 11.4. The zero-order valence-electron chi connectivity index (χ0n) is 9.41. The highest BCUT2D eigenvalue weighted by atomic mass is 16.5. The Labute approximate surface area is 95.1 Å². The molecule has 0 heterocycles. The predicted molar refractivity (Wildman–Crippen MR) is 61.1 cm³/mol. The van der Waals surface area contributed by atoms with Gasteiger partial charge in [0.2, 0.25) is 0 Å². The summed E-state index contributed by atoms with van der Waals surface area (Å²) in [6.45, 7) is 1.89. The number of aliphatic hydroxyl groups excluding tert-OH is 1. The molecule has 3 heteroatoms. The molecule has 0 amide bonds. The van der Waals surface area contributed by atoms with Gasteiger partial charge in [0.05, 0.1) is 19.3 Å². The van der Waals surface area contributed by atoms with Crippen molar-refractivity contribution in [2.24, 2.45) is 0 Å². The van der Waals surface area contributed by atoms with E-state index in [1.54, 1.807) is 6.07 Å². The third-order valence-corrected chi connectivity index (χ3v) is 2.11. The highest BCUT2D eigenvalue weighted by Crippen LogP contribution is 2.11. The summed E-state index contributed by atoms with van der Waals surface area (Å²) in [5.74, 6) is 5.32. The molecule has 0 spiro atoms. The van der Waals surface area contributed by atoms with Crippen LogP contribution in [-0.2, 0) is 4.74 Å². The highest BCUT2D eigenvalue weighted by molar-refractivity contribution is 5.91. The molecule has 0 aliphatic rings. The summed E-state index contributed by atoms with van der Waals surface area (Å²) in [6, 6.07) is 5.37. The number of hydrogen-bond acceptors (Lipinski definition) is 3. The summed E-state index contributed by atoms with van der Waals surface area (Å²) in [4.78, 5) is 11.4. The number of carbonyl (C=O) groups is 1. The Morgan fingerprint density at radius 3 is 2.88 bits per heavy atom. The number of carbonyl (C=O) groups excluding carboxylic acids is 1. The van der Waals surface area contributed by atoms with Crippen LogP contribution in [0.5, 0.6) is 0 Å². The van der Waals surface area contributed by atoms with Gasteiger partial charge in [0.1, 0.15) is 0 Å². The van der Waals surface area contributed by atoms with Crippen molar-refractivity contribution in [1.82, 2.24) is 0 Å². The second-order valence-electron chi connectivity index (χ2n) is 3.30. The van der Waals surface area contributed by atoms with Crippen LogP contribution in [0.25, 0.3) is 0 Å². The molecule has 1 N–H and O–H groups in total. The van der Waals surface area contributed by atoms with Crippen molar-refractivity contribution in [3.63, 3.8) is 0 Å². The predicted octanol–water partition coefficient (Wildman–Crippen LogP) is 1.52. The first kappa shape index (κ1) is 12.3. The van der Waals surface area contributed by atoms with Crippen molar-refractivity contribution < 1.29 is 14.6 Å². The Balaban J connectivity index is 2.99. The van der Waals surface area contributed by atoms with E-state index in [9.17, 15) is 4.79 Å². The summed E-state index contributed by atoms with van der Waals surface area (Å²) in [5.41, 5.74) is 2.14. The van der Waals surface area contributed by atoms with Crippen LogP contribution in [-0.4, -0.2) is 24.8 Å². The summed E-state index contributed by atoms with van der Waals surface area (Å²) in [7, 11) is 1.35. The molecule has 0 saturated heterocycles. The molecule has 16 heavy (non-hydrogen) atoms. The summed E-state index contributed by atoms with van der Waals surface area (Å²) < 4.78 is 4.67. The Morgan fingerprint density at radius 2 is 2.25 bits per heavy atom. The van der Waals surface area contributed by atoms with Crippen LogP contribution in [0.2, 0.25) is 0 Å². The molecule has 0 fully saturated rings. The molecular weight excluding hydrogens is 204 g/mol. The van der Waals surface area contributed by atoms with E-state index in [1.165, 1.54) is 7.11 Å². The van der Waals surface area contributed by atoms with Crippen molar-refractivity contribution in [1.29, 1.82) is 0 Å². The monoisotopic (exact) mass is 218 g/mol. The van der Waals surface area contributed by atoms with Crippen molar-refractivity contribution >= 4 is 5.97 Å². The minimum Gasteiger partial charge on any atom is -0.465 e. The third-order valence-electron chi connectivity index (χ3n) is 2.11. The average Bonchev–Trinajstić information content (AvgIpc) is 2.30. The second kappa shape index (κ2) is 5.94. The minimum atomic E-state index is -0.358. The van der Waals surface area contributed by atoms with Gasteiger partial charge in [-0.1, -0.05) is 17.9 Å². The molecule has 0 aliphatic carbocycles. The van der Waals surface area contributed by atoms with Gasteiger partial charge >= 0.3 is 5.97 Å². The molecule has 1 aromatic carbocycles. The maximum absolute atomic E-state index is 11.4. The number of esters is 1. The summed E-state index contributed by atoms with van der Waals surface area (Å²) in [5, 5.41) is 8.59.